The molecule has 0 amide bonds. The van der Waals surface area contributed by atoms with E-state index in [1.165, 1.54) is 25.7 Å². The summed E-state index contributed by atoms with van der Waals surface area (Å²) < 4.78 is 5.53. The van der Waals surface area contributed by atoms with Gasteiger partial charge in [-0.3, -0.25) is 0 Å². The fraction of sp³-hybridized carbons (Fsp3) is 1.00. The van der Waals surface area contributed by atoms with Crippen LogP contribution in [0.5, 0.6) is 0 Å². The first-order valence-electron chi connectivity index (χ1n) is 7.25. The van der Waals surface area contributed by atoms with Crippen LogP contribution in [-0.2, 0) is 4.74 Å². The summed E-state index contributed by atoms with van der Waals surface area (Å²) in [4.78, 5) is 0. The van der Waals surface area contributed by atoms with E-state index in [2.05, 4.69) is 33.0 Å². The summed E-state index contributed by atoms with van der Waals surface area (Å²) in [6, 6.07) is 1.37. The maximum Gasteiger partial charge on any atom is 0.0652 e. The first kappa shape index (κ1) is 13.4. The molecule has 100 valence electrons. The van der Waals surface area contributed by atoms with Gasteiger partial charge in [-0.1, -0.05) is 40.5 Å². The molecule has 2 saturated carbocycles. The Kier molecular flexibility index (Phi) is 3.84. The van der Waals surface area contributed by atoms with Crippen LogP contribution in [0.25, 0.3) is 0 Å². The molecule has 2 aliphatic rings. The Morgan fingerprint density at radius 3 is 2.47 bits per heavy atom. The molecule has 2 rings (SSSR count). The molecule has 0 aliphatic heterocycles. The monoisotopic (exact) mass is 239 g/mol. The minimum absolute atomic E-state index is 0.301. The largest absolute Gasteiger partial charge is 0.381 e. The normalized spacial score (nSPS) is 45.4. The van der Waals surface area contributed by atoms with Crippen LogP contribution >= 0.6 is 0 Å². The predicted molar refractivity (Wildman–Crippen MR) is 72.1 cm³/mol. The van der Waals surface area contributed by atoms with E-state index in [1.807, 2.05) is 7.11 Å². The molecule has 2 nitrogen and oxygen atoms in total. The van der Waals surface area contributed by atoms with Crippen molar-refractivity contribution in [3.8, 4) is 0 Å². The zero-order valence-electron chi connectivity index (χ0n) is 12.1. The van der Waals surface area contributed by atoms with Crippen LogP contribution < -0.4 is 5.32 Å². The second-order valence-corrected chi connectivity index (χ2v) is 6.87. The second-order valence-electron chi connectivity index (χ2n) is 6.87. The molecule has 17 heavy (non-hydrogen) atoms. The van der Waals surface area contributed by atoms with Crippen molar-refractivity contribution in [3.63, 3.8) is 0 Å². The SMILES string of the molecule is COC1CC(NC2CCCC(C)C2C)C1(C)C. The Bertz CT molecular complexity index is 264. The Morgan fingerprint density at radius 2 is 1.88 bits per heavy atom. The molecule has 0 bridgehead atoms. The van der Waals surface area contributed by atoms with Gasteiger partial charge in [0.15, 0.2) is 0 Å². The number of rotatable bonds is 3. The second kappa shape index (κ2) is 4.89. The highest BCUT2D eigenvalue weighted by atomic mass is 16.5. The quantitative estimate of drug-likeness (QED) is 0.816. The molecule has 0 heterocycles. The van der Waals surface area contributed by atoms with Crippen molar-refractivity contribution >= 4 is 0 Å². The molecule has 2 fully saturated rings. The molecule has 0 aromatic carbocycles. The van der Waals surface area contributed by atoms with Crippen molar-refractivity contribution < 1.29 is 4.74 Å². The summed E-state index contributed by atoms with van der Waals surface area (Å²) in [6.45, 7) is 9.49. The third kappa shape index (κ3) is 2.39. The molecule has 0 spiro atoms. The lowest BCUT2D eigenvalue weighted by atomic mass is 9.63. The zero-order chi connectivity index (χ0) is 12.6. The Labute approximate surface area is 107 Å². The van der Waals surface area contributed by atoms with Gasteiger partial charge in [0, 0.05) is 24.6 Å². The summed E-state index contributed by atoms with van der Waals surface area (Å²) in [5, 5.41) is 3.91. The molecule has 0 saturated heterocycles. The summed E-state index contributed by atoms with van der Waals surface area (Å²) in [5.74, 6) is 1.70. The Hall–Kier alpha value is -0.0800. The lowest BCUT2D eigenvalue weighted by molar-refractivity contribution is -0.103. The third-order valence-corrected chi connectivity index (χ3v) is 5.58. The smallest absolute Gasteiger partial charge is 0.0652 e. The van der Waals surface area contributed by atoms with Crippen LogP contribution in [0, 0.1) is 17.3 Å². The van der Waals surface area contributed by atoms with Crippen LogP contribution in [0.4, 0.5) is 0 Å². The van der Waals surface area contributed by atoms with Gasteiger partial charge in [0.1, 0.15) is 0 Å². The molecule has 5 unspecified atom stereocenters. The van der Waals surface area contributed by atoms with E-state index in [-0.39, 0.29) is 0 Å². The van der Waals surface area contributed by atoms with Crippen LogP contribution in [0.3, 0.4) is 0 Å². The number of hydrogen-bond acceptors (Lipinski definition) is 2. The highest BCUT2D eigenvalue weighted by molar-refractivity contribution is 5.04. The van der Waals surface area contributed by atoms with E-state index < -0.39 is 0 Å². The summed E-state index contributed by atoms with van der Waals surface area (Å²) in [6.07, 6.45) is 5.78. The fourth-order valence-electron chi connectivity index (χ4n) is 3.64. The van der Waals surface area contributed by atoms with Gasteiger partial charge in [-0.15, -0.1) is 0 Å². The van der Waals surface area contributed by atoms with Crippen LogP contribution in [0.15, 0.2) is 0 Å². The zero-order valence-corrected chi connectivity index (χ0v) is 12.1. The van der Waals surface area contributed by atoms with Crippen LogP contribution in [0.1, 0.15) is 53.4 Å². The molecular formula is C15H29NO. The Balaban J connectivity index is 1.90. The minimum atomic E-state index is 0.301. The van der Waals surface area contributed by atoms with Gasteiger partial charge in [-0.25, -0.2) is 0 Å². The van der Waals surface area contributed by atoms with E-state index in [0.717, 1.165) is 17.9 Å². The number of hydrogen-bond donors (Lipinski definition) is 1. The third-order valence-electron chi connectivity index (χ3n) is 5.58. The maximum atomic E-state index is 5.53. The predicted octanol–water partition coefficient (Wildman–Crippen LogP) is 3.21. The lowest BCUT2D eigenvalue weighted by Crippen LogP contribution is -2.63. The topological polar surface area (TPSA) is 21.3 Å². The van der Waals surface area contributed by atoms with Gasteiger partial charge in [-0.05, 0) is 24.7 Å². The highest BCUT2D eigenvalue weighted by Gasteiger charge is 2.49. The van der Waals surface area contributed by atoms with Gasteiger partial charge >= 0.3 is 0 Å². The summed E-state index contributed by atoms with van der Waals surface area (Å²) in [7, 11) is 1.84. The van der Waals surface area contributed by atoms with E-state index in [4.69, 9.17) is 4.74 Å². The Morgan fingerprint density at radius 1 is 1.18 bits per heavy atom. The minimum Gasteiger partial charge on any atom is -0.381 e. The maximum absolute atomic E-state index is 5.53. The van der Waals surface area contributed by atoms with Crippen LogP contribution in [-0.4, -0.2) is 25.3 Å². The van der Waals surface area contributed by atoms with E-state index in [9.17, 15) is 0 Å². The van der Waals surface area contributed by atoms with E-state index in [0.29, 0.717) is 17.6 Å². The van der Waals surface area contributed by atoms with Gasteiger partial charge in [0.25, 0.3) is 0 Å². The average Bonchev–Trinajstić information content (AvgIpc) is 2.29. The van der Waals surface area contributed by atoms with Crippen molar-refractivity contribution in [2.45, 2.75) is 71.6 Å². The fourth-order valence-corrected chi connectivity index (χ4v) is 3.64. The van der Waals surface area contributed by atoms with Gasteiger partial charge in [0.2, 0.25) is 0 Å². The molecular weight excluding hydrogens is 210 g/mol. The first-order chi connectivity index (χ1) is 7.96. The first-order valence-corrected chi connectivity index (χ1v) is 7.25. The molecule has 0 aromatic heterocycles. The highest BCUT2D eigenvalue weighted by Crippen LogP contribution is 2.43. The van der Waals surface area contributed by atoms with E-state index >= 15 is 0 Å². The van der Waals surface area contributed by atoms with Gasteiger partial charge in [0.05, 0.1) is 6.10 Å². The molecule has 0 aromatic rings. The summed E-state index contributed by atoms with van der Waals surface area (Å²) >= 11 is 0. The van der Waals surface area contributed by atoms with Crippen molar-refractivity contribution in [2.24, 2.45) is 17.3 Å². The molecule has 5 atom stereocenters. The number of nitrogens with one attached hydrogen (secondary N) is 1. The van der Waals surface area contributed by atoms with Crippen molar-refractivity contribution in [1.82, 2.24) is 5.32 Å². The summed E-state index contributed by atoms with van der Waals surface area (Å²) in [5.41, 5.74) is 0.301. The molecule has 2 aliphatic carbocycles. The van der Waals surface area contributed by atoms with Gasteiger partial charge in [-0.2, -0.15) is 0 Å². The lowest BCUT2D eigenvalue weighted by Gasteiger charge is -2.53. The van der Waals surface area contributed by atoms with Gasteiger partial charge < -0.3 is 10.1 Å². The van der Waals surface area contributed by atoms with Crippen molar-refractivity contribution in [1.29, 1.82) is 0 Å². The van der Waals surface area contributed by atoms with Crippen molar-refractivity contribution in [3.05, 3.63) is 0 Å². The average molecular weight is 239 g/mol. The standard InChI is InChI=1S/C15H29NO/c1-10-7-6-8-12(11(10)2)16-13-9-14(17-5)15(13,3)4/h10-14,16H,6-9H2,1-5H3. The molecule has 1 N–H and O–H groups in total. The number of ether oxygens (including phenoxy) is 1. The van der Waals surface area contributed by atoms with Crippen molar-refractivity contribution in [2.75, 3.05) is 7.11 Å². The number of methoxy groups -OCH3 is 1. The molecule has 0 radical (unpaired) electrons. The molecule has 2 heteroatoms. The van der Waals surface area contributed by atoms with E-state index in [1.54, 1.807) is 0 Å². The van der Waals surface area contributed by atoms with Crippen LogP contribution in [0.2, 0.25) is 0 Å².